The van der Waals surface area contributed by atoms with E-state index in [2.05, 4.69) is 5.32 Å². The van der Waals surface area contributed by atoms with E-state index in [0.717, 1.165) is 19.3 Å². The van der Waals surface area contributed by atoms with Gasteiger partial charge in [-0.2, -0.15) is 0 Å². The Morgan fingerprint density at radius 1 is 1.43 bits per heavy atom. The van der Waals surface area contributed by atoms with E-state index in [9.17, 15) is 14.4 Å². The molecular weight excluding hydrogens is 278 g/mol. The molecule has 1 rings (SSSR count). The number of carboxylic acid groups (broad SMARTS) is 1. The molecule has 1 aliphatic rings. The van der Waals surface area contributed by atoms with Crippen molar-refractivity contribution in [3.8, 4) is 0 Å². The zero-order chi connectivity index (χ0) is 15.8. The van der Waals surface area contributed by atoms with Crippen molar-refractivity contribution in [2.24, 2.45) is 5.73 Å². The zero-order valence-corrected chi connectivity index (χ0v) is 12.2. The summed E-state index contributed by atoms with van der Waals surface area (Å²) in [5.41, 5.74) is 4.98. The molecule has 3 amide bonds. The van der Waals surface area contributed by atoms with Crippen LogP contribution in [0.3, 0.4) is 0 Å². The smallest absolute Gasteiger partial charge is 0.326 e. The summed E-state index contributed by atoms with van der Waals surface area (Å²) in [5, 5.41) is 11.4. The second-order valence-electron chi connectivity index (χ2n) is 5.21. The second-order valence-corrected chi connectivity index (χ2v) is 5.21. The van der Waals surface area contributed by atoms with Crippen LogP contribution in [0.5, 0.6) is 0 Å². The summed E-state index contributed by atoms with van der Waals surface area (Å²) in [5.74, 6) is -1.79. The van der Waals surface area contributed by atoms with Crippen molar-refractivity contribution in [3.05, 3.63) is 0 Å². The number of carboxylic acids is 1. The molecule has 1 aliphatic heterocycles. The Morgan fingerprint density at radius 2 is 2.14 bits per heavy atom. The maximum atomic E-state index is 12.0. The van der Waals surface area contributed by atoms with E-state index in [1.807, 2.05) is 0 Å². The number of hydrogen-bond donors (Lipinski definition) is 3. The fourth-order valence-corrected chi connectivity index (χ4v) is 2.14. The van der Waals surface area contributed by atoms with Crippen molar-refractivity contribution in [1.82, 2.24) is 10.2 Å². The largest absolute Gasteiger partial charge is 0.480 e. The number of primary amides is 1. The van der Waals surface area contributed by atoms with Gasteiger partial charge in [0.1, 0.15) is 6.04 Å². The quantitative estimate of drug-likeness (QED) is 0.607. The molecule has 4 N–H and O–H groups in total. The Bertz CT molecular complexity index is 382. The van der Waals surface area contributed by atoms with Gasteiger partial charge in [-0.1, -0.05) is 0 Å². The van der Waals surface area contributed by atoms with Gasteiger partial charge in [-0.05, 0) is 25.7 Å². The average molecular weight is 301 g/mol. The lowest BCUT2D eigenvalue weighted by atomic mass is 10.1. The molecule has 0 bridgehead atoms. The van der Waals surface area contributed by atoms with E-state index in [1.165, 1.54) is 4.90 Å². The summed E-state index contributed by atoms with van der Waals surface area (Å²) in [4.78, 5) is 35.1. The highest BCUT2D eigenvalue weighted by atomic mass is 16.5. The normalized spacial score (nSPS) is 19.6. The van der Waals surface area contributed by atoms with Crippen molar-refractivity contribution < 1.29 is 24.2 Å². The molecule has 0 aromatic rings. The molecular formula is C13H23N3O5. The number of ether oxygens (including phenoxy) is 1. The Labute approximate surface area is 123 Å². The Balaban J connectivity index is 2.43. The SMILES string of the molecule is CN(CC1CCCCO1)C(=O)N[C@H](CCC(N)=O)C(=O)O. The van der Waals surface area contributed by atoms with Gasteiger partial charge in [0.05, 0.1) is 6.10 Å². The third-order valence-corrected chi connectivity index (χ3v) is 3.37. The van der Waals surface area contributed by atoms with E-state index >= 15 is 0 Å². The minimum absolute atomic E-state index is 0.0107. The lowest BCUT2D eigenvalue weighted by Gasteiger charge is -2.28. The van der Waals surface area contributed by atoms with Crippen molar-refractivity contribution >= 4 is 17.9 Å². The number of carbonyl (C=O) groups is 3. The first-order valence-electron chi connectivity index (χ1n) is 7.04. The fourth-order valence-electron chi connectivity index (χ4n) is 2.14. The van der Waals surface area contributed by atoms with E-state index in [-0.39, 0.29) is 18.9 Å². The summed E-state index contributed by atoms with van der Waals surface area (Å²) in [6, 6.07) is -1.62. The lowest BCUT2D eigenvalue weighted by Crippen LogP contribution is -2.49. The number of nitrogens with one attached hydrogen (secondary N) is 1. The van der Waals surface area contributed by atoms with Crippen LogP contribution in [0.2, 0.25) is 0 Å². The number of nitrogens with two attached hydrogens (primary N) is 1. The van der Waals surface area contributed by atoms with Gasteiger partial charge in [0.2, 0.25) is 5.91 Å². The number of likely N-dealkylation sites (N-methyl/N-ethyl adjacent to an activating group) is 1. The van der Waals surface area contributed by atoms with Crippen LogP contribution in [0.25, 0.3) is 0 Å². The molecule has 0 saturated carbocycles. The van der Waals surface area contributed by atoms with Crippen LogP contribution < -0.4 is 11.1 Å². The lowest BCUT2D eigenvalue weighted by molar-refractivity contribution is -0.139. The molecule has 0 aliphatic carbocycles. The van der Waals surface area contributed by atoms with Crippen LogP contribution in [-0.4, -0.2) is 60.3 Å². The predicted molar refractivity (Wildman–Crippen MR) is 74.6 cm³/mol. The molecule has 21 heavy (non-hydrogen) atoms. The first-order valence-corrected chi connectivity index (χ1v) is 7.04. The van der Waals surface area contributed by atoms with Crippen LogP contribution in [0.1, 0.15) is 32.1 Å². The molecule has 0 radical (unpaired) electrons. The van der Waals surface area contributed by atoms with Crippen molar-refractivity contribution in [3.63, 3.8) is 0 Å². The molecule has 8 nitrogen and oxygen atoms in total. The number of amides is 3. The number of hydrogen-bond acceptors (Lipinski definition) is 4. The Morgan fingerprint density at radius 3 is 2.67 bits per heavy atom. The van der Waals surface area contributed by atoms with Crippen molar-refractivity contribution in [2.75, 3.05) is 20.2 Å². The summed E-state index contributed by atoms with van der Waals surface area (Å²) < 4.78 is 5.53. The molecule has 0 aromatic carbocycles. The van der Waals surface area contributed by atoms with Gasteiger partial charge in [0.15, 0.2) is 0 Å². The highest BCUT2D eigenvalue weighted by molar-refractivity contribution is 5.83. The van der Waals surface area contributed by atoms with Crippen molar-refractivity contribution in [1.29, 1.82) is 0 Å². The molecule has 120 valence electrons. The van der Waals surface area contributed by atoms with E-state index in [1.54, 1.807) is 7.05 Å². The molecule has 1 heterocycles. The molecule has 1 fully saturated rings. The van der Waals surface area contributed by atoms with Gasteiger partial charge in [0, 0.05) is 26.6 Å². The highest BCUT2D eigenvalue weighted by Gasteiger charge is 2.24. The van der Waals surface area contributed by atoms with Crippen LogP contribution in [0.15, 0.2) is 0 Å². The fraction of sp³-hybridized carbons (Fsp3) is 0.769. The van der Waals surface area contributed by atoms with Gasteiger partial charge in [0.25, 0.3) is 0 Å². The first-order chi connectivity index (χ1) is 9.90. The van der Waals surface area contributed by atoms with Gasteiger partial charge >= 0.3 is 12.0 Å². The number of rotatable bonds is 7. The number of aliphatic carboxylic acids is 1. The standard InChI is InChI=1S/C13H23N3O5/c1-16(8-9-4-2-3-7-21-9)13(20)15-10(12(18)19)5-6-11(14)17/h9-10H,2-8H2,1H3,(H2,14,17)(H,15,20)(H,18,19)/t9?,10-/m1/s1. The molecule has 8 heteroatoms. The summed E-state index contributed by atoms with van der Waals surface area (Å²) >= 11 is 0. The number of nitrogens with zero attached hydrogens (tertiary/aromatic N) is 1. The summed E-state index contributed by atoms with van der Waals surface area (Å²) in [6.45, 7) is 1.10. The van der Waals surface area contributed by atoms with Crippen LogP contribution in [0, 0.1) is 0 Å². The number of carbonyl (C=O) groups excluding carboxylic acids is 2. The Hall–Kier alpha value is -1.83. The zero-order valence-electron chi connectivity index (χ0n) is 12.2. The average Bonchev–Trinajstić information content (AvgIpc) is 2.43. The van der Waals surface area contributed by atoms with E-state index < -0.39 is 23.9 Å². The van der Waals surface area contributed by atoms with Gasteiger partial charge in [-0.25, -0.2) is 9.59 Å². The molecule has 1 saturated heterocycles. The maximum Gasteiger partial charge on any atom is 0.326 e. The van der Waals surface area contributed by atoms with Crippen LogP contribution in [-0.2, 0) is 14.3 Å². The minimum Gasteiger partial charge on any atom is -0.480 e. The summed E-state index contributed by atoms with van der Waals surface area (Å²) in [6.07, 6.45) is 2.86. The Kier molecular flexibility index (Phi) is 6.93. The van der Waals surface area contributed by atoms with Gasteiger partial charge in [-0.3, -0.25) is 4.79 Å². The molecule has 2 atom stereocenters. The van der Waals surface area contributed by atoms with Crippen LogP contribution in [0.4, 0.5) is 4.79 Å². The topological polar surface area (TPSA) is 122 Å². The third kappa shape index (κ3) is 6.44. The van der Waals surface area contributed by atoms with Crippen molar-refractivity contribution in [2.45, 2.75) is 44.2 Å². The number of urea groups is 1. The second kappa shape index (κ2) is 8.46. The van der Waals surface area contributed by atoms with E-state index in [0.29, 0.717) is 13.2 Å². The monoisotopic (exact) mass is 301 g/mol. The molecule has 0 aromatic heterocycles. The third-order valence-electron chi connectivity index (χ3n) is 3.37. The summed E-state index contributed by atoms with van der Waals surface area (Å²) in [7, 11) is 1.58. The first kappa shape index (κ1) is 17.2. The maximum absolute atomic E-state index is 12.0. The van der Waals surface area contributed by atoms with Gasteiger partial charge < -0.3 is 25.8 Å². The molecule has 0 spiro atoms. The molecule has 1 unspecified atom stereocenters. The van der Waals surface area contributed by atoms with Crippen LogP contribution >= 0.6 is 0 Å². The highest BCUT2D eigenvalue weighted by Crippen LogP contribution is 2.13. The van der Waals surface area contributed by atoms with Gasteiger partial charge in [-0.15, -0.1) is 0 Å². The minimum atomic E-state index is -1.19. The predicted octanol–water partition coefficient (Wildman–Crippen LogP) is -0.0844. The van der Waals surface area contributed by atoms with E-state index in [4.69, 9.17) is 15.6 Å².